The van der Waals surface area contributed by atoms with Crippen molar-refractivity contribution in [3.8, 4) is 0 Å². The van der Waals surface area contributed by atoms with Gasteiger partial charge in [0.25, 0.3) is 5.91 Å². The lowest BCUT2D eigenvalue weighted by molar-refractivity contribution is -0.136. The molecule has 0 unspecified atom stereocenters. The van der Waals surface area contributed by atoms with Crippen LogP contribution in [0.3, 0.4) is 0 Å². The molecule has 0 atom stereocenters. The lowest BCUT2D eigenvalue weighted by atomic mass is 9.87. The SMILES string of the molecule is COCC(=O)N1CCC(c2cc(C)c(C(=O)NC(=N)N)cc2S(C)(=O)=O)CC1. The smallest absolute Gasteiger partial charge is 0.258 e. The van der Waals surface area contributed by atoms with Crippen molar-refractivity contribution in [2.75, 3.05) is 33.1 Å². The molecule has 2 rings (SSSR count). The molecule has 0 spiro atoms. The maximum atomic E-state index is 12.4. The second kappa shape index (κ2) is 8.70. The zero-order chi connectivity index (χ0) is 21.1. The molecule has 1 aliphatic rings. The molecule has 2 amide bonds. The normalized spacial score (nSPS) is 15.3. The van der Waals surface area contributed by atoms with Crippen molar-refractivity contribution in [2.24, 2.45) is 5.73 Å². The van der Waals surface area contributed by atoms with E-state index in [-0.39, 0.29) is 28.9 Å². The Balaban J connectivity index is 2.35. The van der Waals surface area contributed by atoms with Crippen molar-refractivity contribution in [3.05, 3.63) is 28.8 Å². The molecule has 1 aromatic rings. The Morgan fingerprint density at radius 3 is 2.43 bits per heavy atom. The highest BCUT2D eigenvalue weighted by Crippen LogP contribution is 2.34. The van der Waals surface area contributed by atoms with Crippen LogP contribution in [-0.2, 0) is 19.4 Å². The van der Waals surface area contributed by atoms with Gasteiger partial charge in [-0.2, -0.15) is 0 Å². The van der Waals surface area contributed by atoms with Gasteiger partial charge in [0.1, 0.15) is 6.61 Å². The second-order valence-electron chi connectivity index (χ2n) is 6.93. The number of sulfone groups is 1. The van der Waals surface area contributed by atoms with E-state index in [1.807, 2.05) is 0 Å². The number of amides is 2. The summed E-state index contributed by atoms with van der Waals surface area (Å²) in [5, 5.41) is 9.37. The third-order valence-corrected chi connectivity index (χ3v) is 5.96. The van der Waals surface area contributed by atoms with Crippen LogP contribution >= 0.6 is 0 Å². The highest BCUT2D eigenvalue weighted by Gasteiger charge is 2.28. The van der Waals surface area contributed by atoms with Crippen molar-refractivity contribution in [1.29, 1.82) is 5.41 Å². The molecule has 0 radical (unpaired) electrons. The van der Waals surface area contributed by atoms with Gasteiger partial charge in [0.05, 0.1) is 4.90 Å². The molecular formula is C18H26N4O5S. The van der Waals surface area contributed by atoms with Crippen LogP contribution in [0.4, 0.5) is 0 Å². The minimum atomic E-state index is -3.59. The number of aryl methyl sites for hydroxylation is 1. The summed E-state index contributed by atoms with van der Waals surface area (Å²) in [4.78, 5) is 26.0. The number of benzene rings is 1. The number of nitrogens with one attached hydrogen (secondary N) is 2. The Morgan fingerprint density at radius 2 is 1.93 bits per heavy atom. The molecule has 9 nitrogen and oxygen atoms in total. The van der Waals surface area contributed by atoms with Crippen LogP contribution in [0.1, 0.15) is 40.2 Å². The van der Waals surface area contributed by atoms with E-state index >= 15 is 0 Å². The number of piperidine rings is 1. The quantitative estimate of drug-likeness (QED) is 0.473. The first-order valence-electron chi connectivity index (χ1n) is 8.81. The van der Waals surface area contributed by atoms with Crippen LogP contribution in [0.15, 0.2) is 17.0 Å². The minimum Gasteiger partial charge on any atom is -0.375 e. The van der Waals surface area contributed by atoms with Crippen LogP contribution in [0.5, 0.6) is 0 Å². The summed E-state index contributed by atoms with van der Waals surface area (Å²) in [6.07, 6.45) is 2.35. The molecule has 0 saturated carbocycles. The van der Waals surface area contributed by atoms with Crippen molar-refractivity contribution in [2.45, 2.75) is 30.6 Å². The lowest BCUT2D eigenvalue weighted by Crippen LogP contribution is -2.40. The number of likely N-dealkylation sites (tertiary alicyclic amines) is 1. The van der Waals surface area contributed by atoms with Gasteiger partial charge < -0.3 is 15.4 Å². The lowest BCUT2D eigenvalue weighted by Gasteiger charge is -2.33. The average molecular weight is 410 g/mol. The zero-order valence-electron chi connectivity index (χ0n) is 16.2. The number of nitrogens with zero attached hydrogens (tertiary/aromatic N) is 1. The van der Waals surface area contributed by atoms with E-state index in [1.54, 1.807) is 17.9 Å². The summed E-state index contributed by atoms with van der Waals surface area (Å²) in [6, 6.07) is 3.06. The number of hydrogen-bond acceptors (Lipinski definition) is 6. The van der Waals surface area contributed by atoms with E-state index in [0.29, 0.717) is 37.1 Å². The number of nitrogens with two attached hydrogens (primary N) is 1. The summed E-state index contributed by atoms with van der Waals surface area (Å²) in [5.74, 6) is -1.26. The van der Waals surface area contributed by atoms with E-state index in [9.17, 15) is 18.0 Å². The summed E-state index contributed by atoms with van der Waals surface area (Å²) < 4.78 is 29.6. The first-order valence-corrected chi connectivity index (χ1v) is 10.7. The predicted molar refractivity (Wildman–Crippen MR) is 104 cm³/mol. The molecule has 4 N–H and O–H groups in total. The molecule has 0 aromatic heterocycles. The Bertz CT molecular complexity index is 889. The highest BCUT2D eigenvalue weighted by molar-refractivity contribution is 7.90. The Hall–Kier alpha value is -2.46. The monoisotopic (exact) mass is 410 g/mol. The molecule has 10 heteroatoms. The molecule has 1 saturated heterocycles. The summed E-state index contributed by atoms with van der Waals surface area (Å²) in [7, 11) is -2.12. The van der Waals surface area contributed by atoms with Crippen LogP contribution in [0.25, 0.3) is 0 Å². The molecule has 1 heterocycles. The van der Waals surface area contributed by atoms with Crippen molar-refractivity contribution in [1.82, 2.24) is 10.2 Å². The van der Waals surface area contributed by atoms with E-state index in [2.05, 4.69) is 5.32 Å². The van der Waals surface area contributed by atoms with Gasteiger partial charge in [0.15, 0.2) is 15.8 Å². The zero-order valence-corrected chi connectivity index (χ0v) is 17.1. The van der Waals surface area contributed by atoms with Crippen LogP contribution in [0.2, 0.25) is 0 Å². The largest absolute Gasteiger partial charge is 0.375 e. The number of hydrogen-bond donors (Lipinski definition) is 3. The van der Waals surface area contributed by atoms with Gasteiger partial charge >= 0.3 is 0 Å². The number of ether oxygens (including phenoxy) is 1. The molecule has 1 aliphatic heterocycles. The Morgan fingerprint density at radius 1 is 1.32 bits per heavy atom. The second-order valence-corrected chi connectivity index (χ2v) is 8.92. The van der Waals surface area contributed by atoms with Crippen LogP contribution in [-0.4, -0.2) is 64.2 Å². The summed E-state index contributed by atoms with van der Waals surface area (Å²) >= 11 is 0. The number of guanidine groups is 1. The fourth-order valence-electron chi connectivity index (χ4n) is 3.44. The standard InChI is InChI=1S/C18H26N4O5S/c1-11-8-14(12-4-6-22(7-5-12)16(23)10-27-2)15(28(3,25)26)9-13(11)17(24)21-18(19)20/h8-9,12H,4-7,10H2,1-3H3,(H4,19,20,21,24). The topological polar surface area (TPSA) is 143 Å². The first-order chi connectivity index (χ1) is 13.0. The first kappa shape index (κ1) is 21.8. The van der Waals surface area contributed by atoms with Gasteiger partial charge in [0.2, 0.25) is 5.91 Å². The van der Waals surface area contributed by atoms with E-state index in [0.717, 1.165) is 6.26 Å². The van der Waals surface area contributed by atoms with Gasteiger partial charge in [0, 0.05) is 32.0 Å². The van der Waals surface area contributed by atoms with Crippen LogP contribution < -0.4 is 11.1 Å². The van der Waals surface area contributed by atoms with Crippen molar-refractivity contribution < 1.29 is 22.7 Å². The fraction of sp³-hybridized carbons (Fsp3) is 0.500. The molecule has 154 valence electrons. The van der Waals surface area contributed by atoms with Crippen molar-refractivity contribution >= 4 is 27.6 Å². The number of carbonyl (C=O) groups is 2. The molecule has 1 aromatic carbocycles. The van der Waals surface area contributed by atoms with Gasteiger partial charge in [-0.1, -0.05) is 6.07 Å². The molecule has 1 fully saturated rings. The van der Waals surface area contributed by atoms with Gasteiger partial charge in [-0.25, -0.2) is 8.42 Å². The summed E-state index contributed by atoms with van der Waals surface area (Å²) in [6.45, 7) is 2.77. The maximum Gasteiger partial charge on any atom is 0.258 e. The molecule has 0 aliphatic carbocycles. The fourth-order valence-corrected chi connectivity index (χ4v) is 4.43. The minimum absolute atomic E-state index is 0.0261. The number of methoxy groups -OCH3 is 1. The molecule has 0 bridgehead atoms. The third kappa shape index (κ3) is 5.08. The Labute approximate surface area is 164 Å². The van der Waals surface area contributed by atoms with E-state index < -0.39 is 21.7 Å². The average Bonchev–Trinajstić information content (AvgIpc) is 2.60. The number of carbonyl (C=O) groups excluding carboxylic acids is 2. The van der Waals surface area contributed by atoms with E-state index in [1.165, 1.54) is 13.2 Å². The maximum absolute atomic E-state index is 12.4. The predicted octanol–water partition coefficient (Wildman–Crippen LogP) is 0.374. The van der Waals surface area contributed by atoms with E-state index in [4.69, 9.17) is 15.9 Å². The van der Waals surface area contributed by atoms with Crippen molar-refractivity contribution in [3.63, 3.8) is 0 Å². The van der Waals surface area contributed by atoms with Gasteiger partial charge in [-0.3, -0.25) is 20.3 Å². The van der Waals surface area contributed by atoms with Gasteiger partial charge in [-0.05, 0) is 42.9 Å². The Kier molecular flexibility index (Phi) is 6.78. The summed E-state index contributed by atoms with van der Waals surface area (Å²) in [5.41, 5.74) is 6.61. The molecule has 28 heavy (non-hydrogen) atoms. The van der Waals surface area contributed by atoms with Crippen LogP contribution in [0, 0.1) is 12.3 Å². The molecular weight excluding hydrogens is 384 g/mol. The third-order valence-electron chi connectivity index (χ3n) is 4.80. The van der Waals surface area contributed by atoms with Gasteiger partial charge in [-0.15, -0.1) is 0 Å². The number of rotatable bonds is 5. The highest BCUT2D eigenvalue weighted by atomic mass is 32.2.